The third-order valence-corrected chi connectivity index (χ3v) is 5.82. The van der Waals surface area contributed by atoms with Crippen LogP contribution in [0.2, 0.25) is 0 Å². The second kappa shape index (κ2) is 5.99. The molecule has 2 saturated heterocycles. The fourth-order valence-corrected chi connectivity index (χ4v) is 5.35. The minimum absolute atomic E-state index is 0.0324. The van der Waals surface area contributed by atoms with Crippen LogP contribution in [0.1, 0.15) is 20.3 Å². The first-order valence-electron chi connectivity index (χ1n) is 7.19. The number of hydrogen-bond donors (Lipinski definition) is 1. The molecule has 2 atom stereocenters. The van der Waals surface area contributed by atoms with Gasteiger partial charge in [-0.15, -0.1) is 0 Å². The molecule has 2 aliphatic heterocycles. The molecule has 2 fully saturated rings. The van der Waals surface area contributed by atoms with Crippen LogP contribution in [0.3, 0.4) is 0 Å². The Balaban J connectivity index is 2.09. The van der Waals surface area contributed by atoms with Gasteiger partial charge in [-0.25, -0.2) is 8.42 Å². The van der Waals surface area contributed by atoms with Gasteiger partial charge in [0.05, 0.1) is 17.9 Å². The number of rotatable bonds is 5. The molecule has 0 radical (unpaired) electrons. The first-order chi connectivity index (χ1) is 9.28. The molecular formula is C13H24N2O4S. The summed E-state index contributed by atoms with van der Waals surface area (Å²) in [5.74, 6) is 0.0661. The summed E-state index contributed by atoms with van der Waals surface area (Å²) in [7, 11) is -3.00. The summed E-state index contributed by atoms with van der Waals surface area (Å²) in [6.07, 6.45) is 0.0768. The van der Waals surface area contributed by atoms with Crippen LogP contribution in [0, 0.1) is 5.92 Å². The quantitative estimate of drug-likeness (QED) is 0.764. The van der Waals surface area contributed by atoms with E-state index >= 15 is 0 Å². The van der Waals surface area contributed by atoms with Crippen LogP contribution in [0.15, 0.2) is 0 Å². The van der Waals surface area contributed by atoms with Gasteiger partial charge in [-0.2, -0.15) is 0 Å². The number of aliphatic carboxylic acids is 1. The topological polar surface area (TPSA) is 77.9 Å². The average Bonchev–Trinajstić information content (AvgIpc) is 2.63. The molecule has 2 rings (SSSR count). The Morgan fingerprint density at radius 1 is 1.20 bits per heavy atom. The molecule has 1 N–H and O–H groups in total. The third kappa shape index (κ3) is 3.71. The molecule has 0 amide bonds. The molecule has 0 unspecified atom stereocenters. The van der Waals surface area contributed by atoms with E-state index in [9.17, 15) is 13.2 Å². The van der Waals surface area contributed by atoms with E-state index < -0.39 is 15.8 Å². The van der Waals surface area contributed by atoms with Gasteiger partial charge in [0.25, 0.3) is 0 Å². The Morgan fingerprint density at radius 3 is 2.30 bits per heavy atom. The minimum atomic E-state index is -3.00. The fourth-order valence-electron chi connectivity index (χ4n) is 3.31. The standard InChI is InChI=1S/C13H24N2O4S/c1-10(2)7-15-6-5-14(4-3-13(16)17)11-8-20(18,19)9-12(11)15/h10-12H,3-9H2,1-2H3,(H,16,17)/t11-,12+/m1/s1. The Hall–Kier alpha value is -0.660. The fraction of sp³-hybridized carbons (Fsp3) is 0.923. The van der Waals surface area contributed by atoms with Crippen molar-refractivity contribution in [2.24, 2.45) is 5.92 Å². The molecular weight excluding hydrogens is 280 g/mol. The van der Waals surface area contributed by atoms with Crippen LogP contribution in [0.25, 0.3) is 0 Å². The van der Waals surface area contributed by atoms with Crippen molar-refractivity contribution in [2.45, 2.75) is 32.4 Å². The van der Waals surface area contributed by atoms with Crippen molar-refractivity contribution in [3.05, 3.63) is 0 Å². The summed E-state index contributed by atoms with van der Waals surface area (Å²) in [5.41, 5.74) is 0. The van der Waals surface area contributed by atoms with Crippen molar-refractivity contribution in [3.8, 4) is 0 Å². The van der Waals surface area contributed by atoms with Gasteiger partial charge in [-0.1, -0.05) is 13.8 Å². The molecule has 7 heteroatoms. The molecule has 2 heterocycles. The number of sulfone groups is 1. The monoisotopic (exact) mass is 304 g/mol. The lowest BCUT2D eigenvalue weighted by atomic mass is 10.0. The van der Waals surface area contributed by atoms with Crippen LogP contribution >= 0.6 is 0 Å². The van der Waals surface area contributed by atoms with E-state index in [1.54, 1.807) is 0 Å². The number of fused-ring (bicyclic) bond motifs is 1. The predicted molar refractivity (Wildman–Crippen MR) is 76.5 cm³/mol. The first-order valence-corrected chi connectivity index (χ1v) is 9.01. The second-order valence-electron chi connectivity index (χ2n) is 6.28. The Bertz CT molecular complexity index is 463. The van der Waals surface area contributed by atoms with Crippen LogP contribution < -0.4 is 0 Å². The van der Waals surface area contributed by atoms with Crippen molar-refractivity contribution in [2.75, 3.05) is 37.7 Å². The van der Waals surface area contributed by atoms with Gasteiger partial charge < -0.3 is 5.11 Å². The lowest BCUT2D eigenvalue weighted by Gasteiger charge is -2.44. The highest BCUT2D eigenvalue weighted by atomic mass is 32.2. The van der Waals surface area contributed by atoms with Gasteiger partial charge in [0.15, 0.2) is 9.84 Å². The van der Waals surface area contributed by atoms with Crippen LogP contribution in [0.5, 0.6) is 0 Å². The summed E-state index contributed by atoms with van der Waals surface area (Å²) in [5, 5.41) is 8.80. The van der Waals surface area contributed by atoms with E-state index in [1.165, 1.54) is 0 Å². The maximum atomic E-state index is 11.9. The summed E-state index contributed by atoms with van der Waals surface area (Å²) in [4.78, 5) is 15.0. The molecule has 0 aliphatic carbocycles. The summed E-state index contributed by atoms with van der Waals surface area (Å²) < 4.78 is 23.9. The van der Waals surface area contributed by atoms with Gasteiger partial charge in [0, 0.05) is 38.3 Å². The highest BCUT2D eigenvalue weighted by Gasteiger charge is 2.46. The summed E-state index contributed by atoms with van der Waals surface area (Å²) in [6.45, 7) is 7.21. The molecule has 0 bridgehead atoms. The lowest BCUT2D eigenvalue weighted by molar-refractivity contribution is -0.137. The number of hydrogen-bond acceptors (Lipinski definition) is 5. The Kier molecular flexibility index (Phi) is 4.71. The van der Waals surface area contributed by atoms with Crippen LogP contribution in [0.4, 0.5) is 0 Å². The highest BCUT2D eigenvalue weighted by Crippen LogP contribution is 2.27. The number of carboxylic acids is 1. The van der Waals surface area contributed by atoms with E-state index in [1.807, 2.05) is 0 Å². The van der Waals surface area contributed by atoms with E-state index in [0.29, 0.717) is 12.5 Å². The number of nitrogens with zero attached hydrogens (tertiary/aromatic N) is 2. The molecule has 20 heavy (non-hydrogen) atoms. The zero-order valence-electron chi connectivity index (χ0n) is 12.2. The van der Waals surface area contributed by atoms with Gasteiger partial charge >= 0.3 is 5.97 Å². The van der Waals surface area contributed by atoms with Crippen molar-refractivity contribution in [3.63, 3.8) is 0 Å². The minimum Gasteiger partial charge on any atom is -0.481 e. The molecule has 0 aromatic carbocycles. The van der Waals surface area contributed by atoms with E-state index in [-0.39, 0.29) is 30.0 Å². The highest BCUT2D eigenvalue weighted by molar-refractivity contribution is 7.91. The van der Waals surface area contributed by atoms with Crippen molar-refractivity contribution in [1.29, 1.82) is 0 Å². The molecule has 6 nitrogen and oxygen atoms in total. The number of carbonyl (C=O) groups is 1. The summed E-state index contributed by atoms with van der Waals surface area (Å²) >= 11 is 0. The second-order valence-corrected chi connectivity index (χ2v) is 8.43. The molecule has 2 aliphatic rings. The van der Waals surface area contributed by atoms with Gasteiger partial charge in [0.2, 0.25) is 0 Å². The molecule has 0 aromatic heterocycles. The van der Waals surface area contributed by atoms with Crippen molar-refractivity contribution in [1.82, 2.24) is 9.80 Å². The zero-order chi connectivity index (χ0) is 14.9. The van der Waals surface area contributed by atoms with Gasteiger partial charge in [0.1, 0.15) is 0 Å². The Morgan fingerprint density at radius 2 is 1.75 bits per heavy atom. The van der Waals surface area contributed by atoms with Gasteiger partial charge in [-0.05, 0) is 5.92 Å². The number of piperazine rings is 1. The molecule has 0 saturated carbocycles. The van der Waals surface area contributed by atoms with Crippen LogP contribution in [-0.4, -0.2) is 79.1 Å². The molecule has 116 valence electrons. The lowest BCUT2D eigenvalue weighted by Crippen LogP contribution is -2.59. The van der Waals surface area contributed by atoms with E-state index in [2.05, 4.69) is 23.6 Å². The van der Waals surface area contributed by atoms with E-state index in [4.69, 9.17) is 5.11 Å². The smallest absolute Gasteiger partial charge is 0.304 e. The maximum absolute atomic E-state index is 11.9. The van der Waals surface area contributed by atoms with E-state index in [0.717, 1.165) is 19.6 Å². The molecule has 0 aromatic rings. The zero-order valence-corrected chi connectivity index (χ0v) is 13.0. The average molecular weight is 304 g/mol. The largest absolute Gasteiger partial charge is 0.481 e. The third-order valence-electron chi connectivity index (χ3n) is 4.12. The maximum Gasteiger partial charge on any atom is 0.304 e. The Labute approximate surface area is 120 Å². The van der Waals surface area contributed by atoms with Crippen molar-refractivity contribution < 1.29 is 18.3 Å². The van der Waals surface area contributed by atoms with Crippen molar-refractivity contribution >= 4 is 15.8 Å². The number of carboxylic acid groups (broad SMARTS) is 1. The van der Waals surface area contributed by atoms with Crippen LogP contribution in [-0.2, 0) is 14.6 Å². The summed E-state index contributed by atoms with van der Waals surface area (Å²) in [6, 6.07) is -0.00297. The normalized spacial score (nSPS) is 30.6. The first kappa shape index (κ1) is 15.7. The SMILES string of the molecule is CC(C)CN1CCN(CCC(=O)O)[C@@H]2CS(=O)(=O)C[C@@H]21. The molecule has 0 spiro atoms. The predicted octanol–water partition coefficient (Wildman–Crippen LogP) is -0.0997. The van der Waals surface area contributed by atoms with Gasteiger partial charge in [-0.3, -0.25) is 14.6 Å².